The highest BCUT2D eigenvalue weighted by Crippen LogP contribution is 2.15. The number of hydrogen-bond acceptors (Lipinski definition) is 1. The molecule has 17 heavy (non-hydrogen) atoms. The van der Waals surface area contributed by atoms with Crippen LogP contribution >= 0.6 is 0 Å². The van der Waals surface area contributed by atoms with Crippen molar-refractivity contribution < 1.29 is 4.39 Å². The van der Waals surface area contributed by atoms with E-state index in [0.29, 0.717) is 11.2 Å². The number of rotatable bonds is 1. The number of benzene rings is 1. The fraction of sp³-hybridized carbons (Fsp3) is 0. The summed E-state index contributed by atoms with van der Waals surface area (Å²) in [5.74, 6) is -0.416. The third-order valence-electron chi connectivity index (χ3n) is 2.65. The summed E-state index contributed by atoms with van der Waals surface area (Å²) in [5, 5.41) is 0. The van der Waals surface area contributed by atoms with Crippen molar-refractivity contribution in [2.75, 3.05) is 0 Å². The molecular weight excluding hydrogens is 219 g/mol. The monoisotopic (exact) mass is 228 g/mol. The Hall–Kier alpha value is -2.36. The summed E-state index contributed by atoms with van der Waals surface area (Å²) in [7, 11) is 0. The number of fused-ring (bicyclic) bond motifs is 1. The van der Waals surface area contributed by atoms with Gasteiger partial charge in [-0.2, -0.15) is 0 Å². The Morgan fingerprint density at radius 3 is 2.65 bits per heavy atom. The highest BCUT2D eigenvalue weighted by molar-refractivity contribution is 5.60. The second-order valence-electron chi connectivity index (χ2n) is 3.81. The van der Waals surface area contributed by atoms with Gasteiger partial charge in [-0.1, -0.05) is 30.3 Å². The van der Waals surface area contributed by atoms with Crippen LogP contribution in [-0.2, 0) is 0 Å². The Bertz CT molecular complexity index is 728. The normalized spacial score (nSPS) is 10.9. The number of hydrogen-bond donors (Lipinski definition) is 1. The molecule has 1 N–H and O–H groups in total. The molecule has 3 aromatic rings. The molecule has 0 atom stereocenters. The van der Waals surface area contributed by atoms with Crippen molar-refractivity contribution in [2.45, 2.75) is 0 Å². The Balaban J connectivity index is 2.29. The van der Waals surface area contributed by atoms with E-state index in [4.69, 9.17) is 0 Å². The van der Waals surface area contributed by atoms with E-state index >= 15 is 0 Å². The Kier molecular flexibility index (Phi) is 2.08. The van der Waals surface area contributed by atoms with Crippen molar-refractivity contribution in [3.05, 3.63) is 65.0 Å². The van der Waals surface area contributed by atoms with Crippen LogP contribution in [0.5, 0.6) is 0 Å². The van der Waals surface area contributed by atoms with E-state index in [2.05, 4.69) is 4.98 Å². The topological polar surface area (TPSA) is 37.3 Å². The van der Waals surface area contributed by atoms with Crippen LogP contribution in [0.3, 0.4) is 0 Å². The predicted molar refractivity (Wildman–Crippen MR) is 63.4 cm³/mol. The molecular formula is C13H9FN2O. The Labute approximate surface area is 96.2 Å². The number of aromatic amines is 1. The molecule has 0 aliphatic carbocycles. The average Bonchev–Trinajstić information content (AvgIpc) is 2.71. The lowest BCUT2D eigenvalue weighted by Crippen LogP contribution is -2.09. The smallest absolute Gasteiger partial charge is 0.272 e. The minimum absolute atomic E-state index is 0.296. The van der Waals surface area contributed by atoms with Crippen LogP contribution in [0.25, 0.3) is 16.8 Å². The fourth-order valence-electron chi connectivity index (χ4n) is 1.86. The summed E-state index contributed by atoms with van der Waals surface area (Å²) in [6, 6.07) is 10.7. The molecule has 0 radical (unpaired) electrons. The molecule has 1 aromatic carbocycles. The lowest BCUT2D eigenvalue weighted by Gasteiger charge is -2.02. The van der Waals surface area contributed by atoms with Gasteiger partial charge in [0.25, 0.3) is 5.56 Å². The van der Waals surface area contributed by atoms with Gasteiger partial charge >= 0.3 is 0 Å². The number of H-pyrrole nitrogens is 1. The zero-order valence-corrected chi connectivity index (χ0v) is 8.85. The highest BCUT2D eigenvalue weighted by Gasteiger charge is 2.05. The first kappa shape index (κ1) is 9.84. The van der Waals surface area contributed by atoms with Crippen LogP contribution in [-0.4, -0.2) is 9.38 Å². The first-order valence-electron chi connectivity index (χ1n) is 5.20. The fourth-order valence-corrected chi connectivity index (χ4v) is 1.86. The second-order valence-corrected chi connectivity index (χ2v) is 3.81. The van der Waals surface area contributed by atoms with Gasteiger partial charge in [0.05, 0.1) is 5.69 Å². The maximum atomic E-state index is 13.1. The van der Waals surface area contributed by atoms with Gasteiger partial charge < -0.3 is 9.38 Å². The van der Waals surface area contributed by atoms with Crippen LogP contribution in [0.15, 0.2) is 53.6 Å². The van der Waals surface area contributed by atoms with Crippen LogP contribution in [0.4, 0.5) is 4.39 Å². The first-order chi connectivity index (χ1) is 8.24. The van der Waals surface area contributed by atoms with E-state index in [1.807, 2.05) is 30.3 Å². The van der Waals surface area contributed by atoms with E-state index in [9.17, 15) is 9.18 Å². The van der Waals surface area contributed by atoms with Gasteiger partial charge in [0.1, 0.15) is 11.3 Å². The van der Waals surface area contributed by atoms with Gasteiger partial charge in [0.2, 0.25) is 0 Å². The molecule has 0 aliphatic rings. The van der Waals surface area contributed by atoms with Crippen LogP contribution in [0.2, 0.25) is 0 Å². The van der Waals surface area contributed by atoms with E-state index in [-0.39, 0.29) is 5.56 Å². The van der Waals surface area contributed by atoms with Gasteiger partial charge in [0, 0.05) is 18.5 Å². The lowest BCUT2D eigenvalue weighted by atomic mass is 10.2. The molecule has 3 nitrogen and oxygen atoms in total. The van der Waals surface area contributed by atoms with Crippen molar-refractivity contribution in [1.29, 1.82) is 0 Å². The molecule has 0 amide bonds. The minimum atomic E-state index is -0.416. The molecule has 4 heteroatoms. The lowest BCUT2D eigenvalue weighted by molar-refractivity contribution is 0.628. The van der Waals surface area contributed by atoms with Crippen LogP contribution in [0, 0.1) is 5.82 Å². The summed E-state index contributed by atoms with van der Waals surface area (Å²) >= 11 is 0. The average molecular weight is 228 g/mol. The van der Waals surface area contributed by atoms with Gasteiger partial charge in [-0.15, -0.1) is 0 Å². The molecule has 0 saturated carbocycles. The molecule has 0 unspecified atom stereocenters. The number of nitrogens with one attached hydrogen (secondary N) is 1. The third kappa shape index (κ3) is 1.63. The van der Waals surface area contributed by atoms with Crippen molar-refractivity contribution in [3.8, 4) is 11.3 Å². The molecule has 0 spiro atoms. The van der Waals surface area contributed by atoms with Gasteiger partial charge in [-0.25, -0.2) is 4.39 Å². The zero-order chi connectivity index (χ0) is 11.8. The van der Waals surface area contributed by atoms with Crippen molar-refractivity contribution in [2.24, 2.45) is 0 Å². The number of halogens is 1. The van der Waals surface area contributed by atoms with Crippen LogP contribution in [0.1, 0.15) is 0 Å². The van der Waals surface area contributed by atoms with Crippen LogP contribution < -0.4 is 5.56 Å². The third-order valence-corrected chi connectivity index (χ3v) is 2.65. The number of nitrogens with zero attached hydrogens (tertiary/aromatic N) is 1. The van der Waals surface area contributed by atoms with E-state index in [1.54, 1.807) is 6.20 Å². The molecule has 0 bridgehead atoms. The molecule has 2 heterocycles. The molecule has 3 rings (SSSR count). The summed E-state index contributed by atoms with van der Waals surface area (Å²) in [6.07, 6.45) is 2.99. The second kappa shape index (κ2) is 3.59. The highest BCUT2D eigenvalue weighted by atomic mass is 19.1. The maximum Gasteiger partial charge on any atom is 0.272 e. The summed E-state index contributed by atoms with van der Waals surface area (Å²) in [5.41, 5.74) is 1.57. The first-order valence-corrected chi connectivity index (χ1v) is 5.20. The molecule has 0 saturated heterocycles. The Morgan fingerprint density at radius 2 is 1.88 bits per heavy atom. The number of aromatic nitrogens is 2. The van der Waals surface area contributed by atoms with E-state index < -0.39 is 5.82 Å². The molecule has 0 aliphatic heterocycles. The largest absolute Gasteiger partial charge is 0.319 e. The maximum absolute atomic E-state index is 13.1. The van der Waals surface area contributed by atoms with Crippen molar-refractivity contribution >= 4 is 5.52 Å². The van der Waals surface area contributed by atoms with E-state index in [0.717, 1.165) is 5.56 Å². The van der Waals surface area contributed by atoms with Crippen molar-refractivity contribution in [3.63, 3.8) is 0 Å². The zero-order valence-electron chi connectivity index (χ0n) is 8.85. The standard InChI is InChI=1S/C13H9FN2O/c14-10-6-12-13(17)15-11(8-16(12)7-10)9-4-2-1-3-5-9/h1-8H,(H,15,17). The molecule has 2 aromatic heterocycles. The van der Waals surface area contributed by atoms with E-state index in [1.165, 1.54) is 16.7 Å². The quantitative estimate of drug-likeness (QED) is 0.682. The molecule has 84 valence electrons. The van der Waals surface area contributed by atoms with Gasteiger partial charge in [-0.3, -0.25) is 4.79 Å². The van der Waals surface area contributed by atoms with Crippen molar-refractivity contribution in [1.82, 2.24) is 9.38 Å². The predicted octanol–water partition coefficient (Wildman–Crippen LogP) is 2.43. The Morgan fingerprint density at radius 1 is 1.12 bits per heavy atom. The molecule has 0 fully saturated rings. The van der Waals surface area contributed by atoms with Gasteiger partial charge in [-0.05, 0) is 5.56 Å². The summed E-state index contributed by atoms with van der Waals surface area (Å²) in [4.78, 5) is 14.5. The summed E-state index contributed by atoms with van der Waals surface area (Å²) < 4.78 is 14.6. The SMILES string of the molecule is O=c1[nH]c(-c2ccccc2)cn2cc(F)cc12. The van der Waals surface area contributed by atoms with Gasteiger partial charge in [0.15, 0.2) is 0 Å². The summed E-state index contributed by atoms with van der Waals surface area (Å²) in [6.45, 7) is 0. The minimum Gasteiger partial charge on any atom is -0.319 e.